The fourth-order valence-electron chi connectivity index (χ4n) is 17.5. The van der Waals surface area contributed by atoms with E-state index in [4.69, 9.17) is 0 Å². The molecule has 0 aliphatic carbocycles. The van der Waals surface area contributed by atoms with Crippen molar-refractivity contribution in [3.63, 3.8) is 0 Å². The molecule has 382 valence electrons. The summed E-state index contributed by atoms with van der Waals surface area (Å²) in [6.45, 7) is 18.8. The molecule has 0 saturated heterocycles. The fraction of sp³-hybridized carbons (Fsp3) is 0.108. The van der Waals surface area contributed by atoms with Gasteiger partial charge in [0.05, 0.1) is 0 Å². The molecule has 0 N–H and O–H groups in total. The molecular weight excluding hydrogens is 982 g/mol. The molecule has 82 heavy (non-hydrogen) atoms. The molecule has 0 radical (unpaired) electrons. The molecule has 2 nitrogen and oxygen atoms in total. The van der Waals surface area contributed by atoms with Crippen molar-refractivity contribution in [2.24, 2.45) is 0 Å². The summed E-state index contributed by atoms with van der Waals surface area (Å²) in [6.07, 6.45) is 0. The SMILES string of the molecule is Cc1cccc(C)c1B1c2ccccc2B2c3cc4c(cc3N3c5ccccc5B(c5c(C)cccc5C)c5ccc1c2c53)N1c2ccccc2B(c2c(C)cccc2C)c2ccc3c(c21)B4c1ccccc1B3c1c(C)cccc1C. The van der Waals surface area contributed by atoms with Crippen LogP contribution in [0.4, 0.5) is 34.1 Å². The van der Waals surface area contributed by atoms with E-state index >= 15 is 0 Å². The van der Waals surface area contributed by atoms with Crippen LogP contribution in [0.5, 0.6) is 0 Å². The molecule has 0 unspecified atom stereocenters. The monoisotopic (exact) mass is 1040 g/mol. The zero-order valence-electron chi connectivity index (χ0n) is 48.0. The van der Waals surface area contributed by atoms with Gasteiger partial charge in [-0.3, -0.25) is 0 Å². The highest BCUT2D eigenvalue weighted by Gasteiger charge is 2.54. The first-order valence-corrected chi connectivity index (χ1v) is 29.8. The average Bonchev–Trinajstić information content (AvgIpc) is 1.61. The van der Waals surface area contributed by atoms with Crippen LogP contribution in [0.2, 0.25) is 0 Å². The maximum absolute atomic E-state index is 2.75. The second-order valence-corrected chi connectivity index (χ2v) is 24.8. The van der Waals surface area contributed by atoms with Crippen LogP contribution in [0.1, 0.15) is 44.5 Å². The quantitative estimate of drug-likeness (QED) is 0.246. The van der Waals surface area contributed by atoms with Crippen molar-refractivity contribution in [3.05, 3.63) is 251 Å². The standard InChI is InChI=1S/C74H58B6N2/c1-43-21-17-22-44(2)67(43)75-51-29-9-11-31-53(51)77-61-41-62-66(42-65(61)81-63-35-15-13-33-55(63)79(69-47(5)25-19-26-48(69)6)59-39-37-57(75)71(77)73(59)81)82-64-36-16-14-34-56(64)80(70-49(7)27-20-28-50(70)8)60-40-38-58-72(74(60)82)78(62)54-32-12-10-30-52(54)76(58)68-45(3)23-18-24-46(68)4/h9-42H,1-8H3. The third kappa shape index (κ3) is 6.28. The molecule has 6 aliphatic rings. The molecule has 17 rings (SSSR count). The van der Waals surface area contributed by atoms with Crippen LogP contribution in [0.15, 0.2) is 206 Å². The van der Waals surface area contributed by atoms with Gasteiger partial charge in [0.1, 0.15) is 0 Å². The average molecular weight is 1040 g/mol. The van der Waals surface area contributed by atoms with E-state index in [-0.39, 0.29) is 40.3 Å². The number of anilines is 6. The third-order valence-corrected chi connectivity index (χ3v) is 20.6. The van der Waals surface area contributed by atoms with Crippen LogP contribution >= 0.6 is 0 Å². The molecule has 11 aromatic rings. The Morgan fingerprint density at radius 2 is 0.451 bits per heavy atom. The smallest absolute Gasteiger partial charge is 0.247 e. The molecule has 0 atom stereocenters. The van der Waals surface area contributed by atoms with Crippen molar-refractivity contribution >= 4 is 173 Å². The van der Waals surface area contributed by atoms with Crippen LogP contribution in [-0.2, 0) is 0 Å². The maximum atomic E-state index is 2.75. The Morgan fingerprint density at radius 3 is 0.768 bits per heavy atom. The van der Waals surface area contributed by atoms with E-state index in [2.05, 4.69) is 271 Å². The summed E-state index contributed by atoms with van der Waals surface area (Å²) in [4.78, 5) is 5.51. The van der Waals surface area contributed by atoms with Gasteiger partial charge in [-0.25, -0.2) is 0 Å². The highest BCUT2D eigenvalue weighted by atomic mass is 15.2. The minimum Gasteiger partial charge on any atom is -0.312 e. The number of para-hydroxylation sites is 2. The Labute approximate surface area is 485 Å². The largest absolute Gasteiger partial charge is 0.312 e. The second-order valence-electron chi connectivity index (χ2n) is 24.8. The lowest BCUT2D eigenvalue weighted by Gasteiger charge is -2.50. The van der Waals surface area contributed by atoms with Crippen molar-refractivity contribution in [1.82, 2.24) is 0 Å². The van der Waals surface area contributed by atoms with E-state index in [1.54, 1.807) is 0 Å². The lowest BCUT2D eigenvalue weighted by molar-refractivity contribution is 1.27. The number of fused-ring (bicyclic) bond motifs is 14. The number of nitrogens with zero attached hydrogens (tertiary/aromatic N) is 2. The Morgan fingerprint density at radius 1 is 0.195 bits per heavy atom. The van der Waals surface area contributed by atoms with Gasteiger partial charge in [0.2, 0.25) is 40.3 Å². The van der Waals surface area contributed by atoms with E-state index in [9.17, 15) is 0 Å². The molecule has 0 amide bonds. The summed E-state index contributed by atoms with van der Waals surface area (Å²) in [5.74, 6) is 0. The first kappa shape index (κ1) is 48.1. The molecule has 0 spiro atoms. The summed E-state index contributed by atoms with van der Waals surface area (Å²) < 4.78 is 0. The van der Waals surface area contributed by atoms with Gasteiger partial charge in [-0.1, -0.05) is 298 Å². The Kier molecular flexibility index (Phi) is 10.3. The van der Waals surface area contributed by atoms with E-state index in [0.717, 1.165) is 0 Å². The zero-order chi connectivity index (χ0) is 55.1. The number of aryl methyl sites for hydroxylation is 8. The van der Waals surface area contributed by atoms with Crippen molar-refractivity contribution in [1.29, 1.82) is 0 Å². The summed E-state index contributed by atoms with van der Waals surface area (Å²) in [7, 11) is 0. The highest BCUT2D eigenvalue weighted by molar-refractivity contribution is 7.16. The van der Waals surface area contributed by atoms with Gasteiger partial charge in [-0.05, 0) is 106 Å². The summed E-state index contributed by atoms with van der Waals surface area (Å²) in [6, 6.07) is 81.1. The summed E-state index contributed by atoms with van der Waals surface area (Å²) >= 11 is 0. The van der Waals surface area contributed by atoms with E-state index in [0.29, 0.717) is 0 Å². The second kappa shape index (κ2) is 17.5. The first-order chi connectivity index (χ1) is 40.1. The molecule has 0 saturated carbocycles. The topological polar surface area (TPSA) is 6.48 Å². The third-order valence-electron chi connectivity index (χ3n) is 20.6. The molecule has 6 aliphatic heterocycles. The predicted octanol–water partition coefficient (Wildman–Crippen LogP) is 4.07. The molecule has 6 heterocycles. The Bertz CT molecular complexity index is 4000. The predicted molar refractivity (Wildman–Crippen MR) is 360 cm³/mol. The van der Waals surface area contributed by atoms with Crippen molar-refractivity contribution in [2.45, 2.75) is 55.4 Å². The van der Waals surface area contributed by atoms with Crippen LogP contribution in [0.3, 0.4) is 0 Å². The molecule has 0 fully saturated rings. The highest BCUT2D eigenvalue weighted by Crippen LogP contribution is 2.44. The lowest BCUT2D eigenvalue weighted by atomic mass is 9.17. The Hall–Kier alpha value is -8.59. The molecule has 11 aromatic carbocycles. The van der Waals surface area contributed by atoms with Crippen molar-refractivity contribution in [3.8, 4) is 0 Å². The van der Waals surface area contributed by atoms with Gasteiger partial charge in [-0.15, -0.1) is 0 Å². The summed E-state index contributed by atoms with van der Waals surface area (Å²) in [5.41, 5.74) is 43.9. The zero-order valence-corrected chi connectivity index (χ0v) is 48.0. The Balaban J connectivity index is 1.02. The number of rotatable bonds is 4. The summed E-state index contributed by atoms with van der Waals surface area (Å²) in [5, 5.41) is 0. The molecule has 0 aromatic heterocycles. The number of hydrogen-bond acceptors (Lipinski definition) is 2. The maximum Gasteiger partial charge on any atom is 0.247 e. The van der Waals surface area contributed by atoms with Gasteiger partial charge >= 0.3 is 0 Å². The van der Waals surface area contributed by atoms with E-state index < -0.39 is 0 Å². The molecule has 0 bridgehead atoms. The molecular formula is C74H58B6N2. The van der Waals surface area contributed by atoms with Gasteiger partial charge in [0.15, 0.2) is 0 Å². The van der Waals surface area contributed by atoms with Gasteiger partial charge < -0.3 is 9.80 Å². The van der Waals surface area contributed by atoms with Crippen LogP contribution in [-0.4, -0.2) is 40.3 Å². The van der Waals surface area contributed by atoms with E-state index in [1.807, 2.05) is 0 Å². The first-order valence-electron chi connectivity index (χ1n) is 29.8. The van der Waals surface area contributed by atoms with Gasteiger partial charge in [0, 0.05) is 34.1 Å². The van der Waals surface area contributed by atoms with Crippen molar-refractivity contribution in [2.75, 3.05) is 9.80 Å². The van der Waals surface area contributed by atoms with Gasteiger partial charge in [-0.2, -0.15) is 0 Å². The minimum absolute atomic E-state index is 0.0161. The lowest BCUT2D eigenvalue weighted by Crippen LogP contribution is -2.80. The number of hydrogen-bond donors (Lipinski definition) is 0. The van der Waals surface area contributed by atoms with Crippen LogP contribution < -0.4 is 108 Å². The van der Waals surface area contributed by atoms with Crippen LogP contribution in [0, 0.1) is 55.4 Å². The fourth-order valence-corrected chi connectivity index (χ4v) is 17.5. The normalized spacial score (nSPS) is 14.1. The van der Waals surface area contributed by atoms with Gasteiger partial charge in [0.25, 0.3) is 0 Å². The van der Waals surface area contributed by atoms with Crippen molar-refractivity contribution < 1.29 is 0 Å². The minimum atomic E-state index is -0.0161. The van der Waals surface area contributed by atoms with Crippen LogP contribution in [0.25, 0.3) is 0 Å². The molecule has 8 heteroatoms. The number of benzene rings is 11. The van der Waals surface area contributed by atoms with E-state index in [1.165, 1.54) is 177 Å².